The number of carbonyl (C=O) groups excluding carboxylic acids is 3. The number of ether oxygens (including phenoxy) is 2. The largest absolute Gasteiger partial charge is 0.469 e. The first kappa shape index (κ1) is 18.2. The molecule has 122 valence electrons. The number of nitriles is 1. The molecule has 1 amide bonds. The standard InChI is InChI=1S/C16H18N2O5/c1-10(8-13(19)22-2)14(16(21)23-3)18-15(20)12-6-4-11(9-17)5-7-12/h4-7,10,14H,8H2,1-3H3,(H,18,20)/t10-,14+/m0/s1. The molecule has 7 heteroatoms. The van der Waals surface area contributed by atoms with Gasteiger partial charge in [0.05, 0.1) is 32.3 Å². The van der Waals surface area contributed by atoms with Gasteiger partial charge in [0.2, 0.25) is 0 Å². The molecule has 0 heterocycles. The van der Waals surface area contributed by atoms with E-state index in [9.17, 15) is 14.4 Å². The zero-order valence-electron chi connectivity index (χ0n) is 13.2. The van der Waals surface area contributed by atoms with Crippen LogP contribution in [0.3, 0.4) is 0 Å². The highest BCUT2D eigenvalue weighted by molar-refractivity contribution is 5.97. The van der Waals surface area contributed by atoms with Gasteiger partial charge in [0.25, 0.3) is 5.91 Å². The van der Waals surface area contributed by atoms with Crippen molar-refractivity contribution in [2.24, 2.45) is 5.92 Å². The summed E-state index contributed by atoms with van der Waals surface area (Å²) in [6.07, 6.45) is -0.0378. The van der Waals surface area contributed by atoms with E-state index in [1.165, 1.54) is 38.5 Å². The van der Waals surface area contributed by atoms with Gasteiger partial charge in [-0.1, -0.05) is 6.92 Å². The van der Waals surface area contributed by atoms with E-state index in [1.807, 2.05) is 6.07 Å². The van der Waals surface area contributed by atoms with E-state index in [2.05, 4.69) is 14.8 Å². The Morgan fingerprint density at radius 1 is 1.17 bits per heavy atom. The summed E-state index contributed by atoms with van der Waals surface area (Å²) in [5.74, 6) is -2.14. The van der Waals surface area contributed by atoms with Crippen molar-refractivity contribution in [2.45, 2.75) is 19.4 Å². The van der Waals surface area contributed by atoms with Crippen molar-refractivity contribution in [3.63, 3.8) is 0 Å². The second kappa shape index (κ2) is 8.54. The summed E-state index contributed by atoms with van der Waals surface area (Å²) in [5, 5.41) is 11.3. The Bertz CT molecular complexity index is 618. The molecule has 1 N–H and O–H groups in total. The molecule has 0 spiro atoms. The first-order chi connectivity index (χ1) is 10.9. The van der Waals surface area contributed by atoms with Gasteiger partial charge in [-0.25, -0.2) is 4.79 Å². The van der Waals surface area contributed by atoms with Crippen molar-refractivity contribution in [2.75, 3.05) is 14.2 Å². The van der Waals surface area contributed by atoms with Crippen LogP contribution in [-0.4, -0.2) is 38.1 Å². The van der Waals surface area contributed by atoms with Crippen LogP contribution in [0, 0.1) is 17.2 Å². The number of hydrogen-bond acceptors (Lipinski definition) is 6. The van der Waals surface area contributed by atoms with Crippen molar-refractivity contribution in [1.29, 1.82) is 5.26 Å². The third kappa shape index (κ3) is 5.11. The van der Waals surface area contributed by atoms with Crippen molar-refractivity contribution >= 4 is 17.8 Å². The monoisotopic (exact) mass is 318 g/mol. The van der Waals surface area contributed by atoms with E-state index in [4.69, 9.17) is 5.26 Å². The predicted octanol–water partition coefficient (Wildman–Crippen LogP) is 1.03. The fourth-order valence-corrected chi connectivity index (χ4v) is 1.95. The average molecular weight is 318 g/mol. The summed E-state index contributed by atoms with van der Waals surface area (Å²) < 4.78 is 9.24. The zero-order valence-corrected chi connectivity index (χ0v) is 13.2. The van der Waals surface area contributed by atoms with E-state index in [0.717, 1.165) is 0 Å². The highest BCUT2D eigenvalue weighted by Crippen LogP contribution is 2.12. The van der Waals surface area contributed by atoms with Crippen LogP contribution in [0.1, 0.15) is 29.3 Å². The summed E-state index contributed by atoms with van der Waals surface area (Å²) in [6.45, 7) is 1.64. The van der Waals surface area contributed by atoms with Gasteiger partial charge in [0.15, 0.2) is 0 Å². The number of esters is 2. The zero-order chi connectivity index (χ0) is 17.4. The number of hydrogen-bond donors (Lipinski definition) is 1. The Morgan fingerprint density at radius 3 is 2.26 bits per heavy atom. The molecule has 0 aliphatic carbocycles. The molecule has 23 heavy (non-hydrogen) atoms. The highest BCUT2D eigenvalue weighted by atomic mass is 16.5. The van der Waals surface area contributed by atoms with Gasteiger partial charge in [-0.05, 0) is 30.2 Å². The Labute approximate surface area is 134 Å². The van der Waals surface area contributed by atoms with E-state index in [1.54, 1.807) is 6.92 Å². The second-order valence-electron chi connectivity index (χ2n) is 4.92. The predicted molar refractivity (Wildman–Crippen MR) is 80.2 cm³/mol. The number of nitrogens with one attached hydrogen (secondary N) is 1. The van der Waals surface area contributed by atoms with Crippen LogP contribution in [-0.2, 0) is 19.1 Å². The third-order valence-electron chi connectivity index (χ3n) is 3.30. The lowest BCUT2D eigenvalue weighted by Crippen LogP contribution is -2.46. The van der Waals surface area contributed by atoms with Crippen molar-refractivity contribution in [3.05, 3.63) is 35.4 Å². The van der Waals surface area contributed by atoms with Gasteiger partial charge in [-0.3, -0.25) is 9.59 Å². The fraction of sp³-hybridized carbons (Fsp3) is 0.375. The lowest BCUT2D eigenvalue weighted by Gasteiger charge is -2.22. The summed E-state index contributed by atoms with van der Waals surface area (Å²) in [7, 11) is 2.45. The molecule has 1 aromatic rings. The molecular formula is C16H18N2O5. The Balaban J connectivity index is 2.87. The number of rotatable bonds is 6. The summed E-state index contributed by atoms with van der Waals surface area (Å²) in [6, 6.07) is 6.92. The van der Waals surface area contributed by atoms with E-state index < -0.39 is 29.8 Å². The maximum absolute atomic E-state index is 12.2. The van der Waals surface area contributed by atoms with Crippen LogP contribution < -0.4 is 5.32 Å². The molecule has 0 aliphatic rings. The molecule has 0 aliphatic heterocycles. The molecule has 2 atom stereocenters. The lowest BCUT2D eigenvalue weighted by atomic mass is 9.97. The summed E-state index contributed by atoms with van der Waals surface area (Å²) >= 11 is 0. The second-order valence-corrected chi connectivity index (χ2v) is 4.92. The molecule has 1 rings (SSSR count). The molecule has 0 bridgehead atoms. The van der Waals surface area contributed by atoms with Crippen LogP contribution in [0.5, 0.6) is 0 Å². The lowest BCUT2D eigenvalue weighted by molar-refractivity contribution is -0.146. The molecule has 0 radical (unpaired) electrons. The quantitative estimate of drug-likeness (QED) is 0.785. The first-order valence-corrected chi connectivity index (χ1v) is 6.88. The number of carbonyl (C=O) groups is 3. The number of benzene rings is 1. The maximum atomic E-state index is 12.2. The van der Waals surface area contributed by atoms with Gasteiger partial charge in [0.1, 0.15) is 6.04 Å². The first-order valence-electron chi connectivity index (χ1n) is 6.88. The average Bonchev–Trinajstić information content (AvgIpc) is 2.58. The molecule has 7 nitrogen and oxygen atoms in total. The van der Waals surface area contributed by atoms with Gasteiger partial charge in [-0.15, -0.1) is 0 Å². The Morgan fingerprint density at radius 2 is 1.78 bits per heavy atom. The van der Waals surface area contributed by atoms with Gasteiger partial charge >= 0.3 is 11.9 Å². The molecule has 1 aromatic carbocycles. The van der Waals surface area contributed by atoms with Crippen LogP contribution in [0.25, 0.3) is 0 Å². The number of nitrogens with zero attached hydrogens (tertiary/aromatic N) is 1. The molecule has 0 unspecified atom stereocenters. The van der Waals surface area contributed by atoms with Crippen LogP contribution in [0.2, 0.25) is 0 Å². The van der Waals surface area contributed by atoms with Crippen LogP contribution in [0.15, 0.2) is 24.3 Å². The number of amides is 1. The highest BCUT2D eigenvalue weighted by Gasteiger charge is 2.29. The fourth-order valence-electron chi connectivity index (χ4n) is 1.95. The van der Waals surface area contributed by atoms with E-state index in [0.29, 0.717) is 11.1 Å². The minimum atomic E-state index is -0.984. The minimum absolute atomic E-state index is 0.0378. The number of methoxy groups -OCH3 is 2. The van der Waals surface area contributed by atoms with E-state index in [-0.39, 0.29) is 6.42 Å². The smallest absolute Gasteiger partial charge is 0.328 e. The minimum Gasteiger partial charge on any atom is -0.469 e. The van der Waals surface area contributed by atoms with Crippen molar-refractivity contribution in [1.82, 2.24) is 5.32 Å². The van der Waals surface area contributed by atoms with Crippen LogP contribution in [0.4, 0.5) is 0 Å². The van der Waals surface area contributed by atoms with E-state index >= 15 is 0 Å². The topological polar surface area (TPSA) is 105 Å². The van der Waals surface area contributed by atoms with Gasteiger partial charge < -0.3 is 14.8 Å². The summed E-state index contributed by atoms with van der Waals surface area (Å²) in [5.41, 5.74) is 0.716. The molecular weight excluding hydrogens is 300 g/mol. The molecule has 0 saturated carbocycles. The van der Waals surface area contributed by atoms with Crippen molar-refractivity contribution in [3.8, 4) is 6.07 Å². The Kier molecular flexibility index (Phi) is 6.74. The summed E-state index contributed by atoms with van der Waals surface area (Å²) in [4.78, 5) is 35.4. The van der Waals surface area contributed by atoms with Gasteiger partial charge in [0, 0.05) is 5.56 Å². The normalized spacial score (nSPS) is 12.4. The molecule has 0 fully saturated rings. The van der Waals surface area contributed by atoms with Crippen LogP contribution >= 0.6 is 0 Å². The third-order valence-corrected chi connectivity index (χ3v) is 3.30. The maximum Gasteiger partial charge on any atom is 0.328 e. The van der Waals surface area contributed by atoms with Crippen molar-refractivity contribution < 1.29 is 23.9 Å². The van der Waals surface area contributed by atoms with Gasteiger partial charge in [-0.2, -0.15) is 5.26 Å². The SMILES string of the molecule is COC(=O)C[C@H](C)[C@@H](NC(=O)c1ccc(C#N)cc1)C(=O)OC. The Hall–Kier alpha value is -2.88. The molecule has 0 saturated heterocycles. The molecule has 0 aromatic heterocycles.